The molecule has 0 fully saturated rings. The van der Waals surface area contributed by atoms with E-state index in [-0.39, 0.29) is 11.7 Å². The minimum atomic E-state index is -0.255. The van der Waals surface area contributed by atoms with E-state index in [4.69, 9.17) is 0 Å². The van der Waals surface area contributed by atoms with Gasteiger partial charge in [-0.15, -0.1) is 0 Å². The van der Waals surface area contributed by atoms with E-state index in [0.29, 0.717) is 24.4 Å². The van der Waals surface area contributed by atoms with E-state index in [1.165, 1.54) is 12.1 Å². The van der Waals surface area contributed by atoms with Crippen molar-refractivity contribution in [2.24, 2.45) is 4.99 Å². The molecule has 0 unspecified atom stereocenters. The molecule has 0 saturated heterocycles. The highest BCUT2D eigenvalue weighted by Crippen LogP contribution is 2.17. The van der Waals surface area contributed by atoms with Crippen LogP contribution in [0.4, 0.5) is 4.39 Å². The first-order valence-corrected chi connectivity index (χ1v) is 8.00. The Morgan fingerprint density at radius 2 is 1.96 bits per heavy atom. The van der Waals surface area contributed by atoms with Crippen LogP contribution in [0.15, 0.2) is 63.7 Å². The van der Waals surface area contributed by atoms with Crippen molar-refractivity contribution < 1.29 is 9.18 Å². The Balaban J connectivity index is 1.71. The Hall–Kier alpha value is -2.27. The van der Waals surface area contributed by atoms with E-state index in [1.807, 2.05) is 30.3 Å². The summed E-state index contributed by atoms with van der Waals surface area (Å²) in [6, 6.07) is 14.1. The number of carbonyl (C=O) groups is 1. The number of nitrogens with one attached hydrogen (secondary N) is 1. The molecule has 0 aliphatic carbocycles. The van der Waals surface area contributed by atoms with E-state index in [2.05, 4.69) is 26.2 Å². The number of benzene rings is 2. The molecule has 0 bridgehead atoms. The quantitative estimate of drug-likeness (QED) is 0.806. The molecule has 2 aromatic rings. The van der Waals surface area contributed by atoms with Crippen LogP contribution in [0.1, 0.15) is 17.5 Å². The van der Waals surface area contributed by atoms with Crippen LogP contribution in [0, 0.1) is 5.82 Å². The number of hydrogen-bond donors (Lipinski definition) is 1. The molecule has 3 rings (SSSR count). The van der Waals surface area contributed by atoms with Gasteiger partial charge in [-0.2, -0.15) is 0 Å². The van der Waals surface area contributed by atoms with Crippen LogP contribution in [-0.2, 0) is 11.2 Å². The lowest BCUT2D eigenvalue weighted by Gasteiger charge is -2.01. The third-order valence-electron chi connectivity index (χ3n) is 3.44. The lowest BCUT2D eigenvalue weighted by atomic mass is 10.1. The van der Waals surface area contributed by atoms with Crippen LogP contribution in [-0.4, -0.2) is 11.7 Å². The molecule has 2 aromatic carbocycles. The molecule has 1 amide bonds. The van der Waals surface area contributed by atoms with Crippen LogP contribution in [0.3, 0.4) is 0 Å². The number of amidine groups is 1. The molecular formula is C18H14BrFN2O. The van der Waals surface area contributed by atoms with E-state index in [0.717, 1.165) is 15.6 Å². The van der Waals surface area contributed by atoms with Gasteiger partial charge in [0.15, 0.2) is 0 Å². The van der Waals surface area contributed by atoms with Crippen molar-refractivity contribution in [3.8, 4) is 0 Å². The lowest BCUT2D eigenvalue weighted by molar-refractivity contribution is -0.115. The fraction of sp³-hybridized carbons (Fsp3) is 0.111. The first kappa shape index (κ1) is 15.6. The van der Waals surface area contributed by atoms with Crippen molar-refractivity contribution in [3.05, 3.63) is 75.6 Å². The minimum Gasteiger partial charge on any atom is -0.309 e. The summed E-state index contributed by atoms with van der Waals surface area (Å²) in [5.74, 6) is 0.148. The number of rotatable bonds is 4. The van der Waals surface area contributed by atoms with Crippen molar-refractivity contribution in [1.29, 1.82) is 0 Å². The van der Waals surface area contributed by atoms with Gasteiger partial charge in [0.25, 0.3) is 5.91 Å². The molecule has 116 valence electrons. The van der Waals surface area contributed by atoms with Crippen LogP contribution in [0.2, 0.25) is 0 Å². The topological polar surface area (TPSA) is 41.5 Å². The monoisotopic (exact) mass is 372 g/mol. The summed E-state index contributed by atoms with van der Waals surface area (Å²) >= 11 is 3.40. The standard InChI is InChI=1S/C18H14BrFN2O/c19-14-5-1-4-13(9-14)11-16-18(23)22-17(21-16)8-7-12-3-2-6-15(20)10-12/h1-6,9-11H,7-8H2,(H,21,22,23)/b16-11+. The smallest absolute Gasteiger partial charge is 0.275 e. The highest BCUT2D eigenvalue weighted by molar-refractivity contribution is 9.10. The number of hydrogen-bond acceptors (Lipinski definition) is 2. The summed E-state index contributed by atoms with van der Waals surface area (Å²) < 4.78 is 14.1. The first-order valence-electron chi connectivity index (χ1n) is 7.21. The second-order valence-corrected chi connectivity index (χ2v) is 6.14. The predicted octanol–water partition coefficient (Wildman–Crippen LogP) is 4.09. The summed E-state index contributed by atoms with van der Waals surface area (Å²) in [6.07, 6.45) is 2.93. The number of aryl methyl sites for hydroxylation is 1. The first-order chi connectivity index (χ1) is 11.1. The molecule has 23 heavy (non-hydrogen) atoms. The Morgan fingerprint density at radius 3 is 2.74 bits per heavy atom. The zero-order valence-electron chi connectivity index (χ0n) is 12.2. The zero-order chi connectivity index (χ0) is 16.2. The molecule has 0 saturated carbocycles. The Morgan fingerprint density at radius 1 is 1.13 bits per heavy atom. The lowest BCUT2D eigenvalue weighted by Crippen LogP contribution is -2.24. The molecule has 1 N–H and O–H groups in total. The molecule has 1 aliphatic heterocycles. The average molecular weight is 373 g/mol. The van der Waals surface area contributed by atoms with E-state index < -0.39 is 0 Å². The summed E-state index contributed by atoms with van der Waals surface area (Å²) in [6.45, 7) is 0. The number of carbonyl (C=O) groups excluding carboxylic acids is 1. The fourth-order valence-corrected chi connectivity index (χ4v) is 2.76. The minimum absolute atomic E-state index is 0.209. The normalized spacial score (nSPS) is 15.7. The van der Waals surface area contributed by atoms with Crippen molar-refractivity contribution in [1.82, 2.24) is 5.32 Å². The highest BCUT2D eigenvalue weighted by Gasteiger charge is 2.19. The average Bonchev–Trinajstić information content (AvgIpc) is 2.86. The maximum atomic E-state index is 13.2. The Labute approximate surface area is 142 Å². The van der Waals surface area contributed by atoms with Crippen molar-refractivity contribution >= 4 is 33.7 Å². The fourth-order valence-electron chi connectivity index (χ4n) is 2.34. The SMILES string of the molecule is O=C1NC(CCc2cccc(F)c2)=N/C1=C/c1cccc(Br)c1. The molecular weight excluding hydrogens is 359 g/mol. The van der Waals surface area contributed by atoms with Gasteiger partial charge in [-0.3, -0.25) is 4.79 Å². The second kappa shape index (κ2) is 6.87. The van der Waals surface area contributed by atoms with Gasteiger partial charge < -0.3 is 5.32 Å². The van der Waals surface area contributed by atoms with Gasteiger partial charge in [0.2, 0.25) is 0 Å². The maximum absolute atomic E-state index is 13.2. The summed E-state index contributed by atoms with van der Waals surface area (Å²) in [5.41, 5.74) is 2.17. The summed E-state index contributed by atoms with van der Waals surface area (Å²) in [5, 5.41) is 2.76. The van der Waals surface area contributed by atoms with Crippen LogP contribution in [0.25, 0.3) is 6.08 Å². The van der Waals surface area contributed by atoms with Gasteiger partial charge in [0.1, 0.15) is 17.3 Å². The van der Waals surface area contributed by atoms with Gasteiger partial charge in [0.05, 0.1) is 0 Å². The Bertz CT molecular complexity index is 814. The molecule has 0 atom stereocenters. The molecule has 5 heteroatoms. The summed E-state index contributed by atoms with van der Waals surface area (Å²) in [7, 11) is 0. The third kappa shape index (κ3) is 4.13. The van der Waals surface area contributed by atoms with Gasteiger partial charge >= 0.3 is 0 Å². The number of nitrogens with zero attached hydrogens (tertiary/aromatic N) is 1. The van der Waals surface area contributed by atoms with Gasteiger partial charge in [-0.1, -0.05) is 40.2 Å². The highest BCUT2D eigenvalue weighted by atomic mass is 79.9. The zero-order valence-corrected chi connectivity index (χ0v) is 13.8. The molecule has 3 nitrogen and oxygen atoms in total. The van der Waals surface area contributed by atoms with Crippen LogP contribution < -0.4 is 5.32 Å². The van der Waals surface area contributed by atoms with Crippen molar-refractivity contribution in [3.63, 3.8) is 0 Å². The molecule has 0 radical (unpaired) electrons. The van der Waals surface area contributed by atoms with E-state index in [9.17, 15) is 9.18 Å². The molecule has 0 aromatic heterocycles. The number of amides is 1. The van der Waals surface area contributed by atoms with Crippen molar-refractivity contribution in [2.75, 3.05) is 0 Å². The number of aliphatic imine (C=N–C) groups is 1. The Kier molecular flexibility index (Phi) is 4.67. The largest absolute Gasteiger partial charge is 0.309 e. The maximum Gasteiger partial charge on any atom is 0.275 e. The van der Waals surface area contributed by atoms with Crippen LogP contribution in [0.5, 0.6) is 0 Å². The second-order valence-electron chi connectivity index (χ2n) is 5.23. The molecule has 1 aliphatic rings. The molecule has 1 heterocycles. The van der Waals surface area contributed by atoms with Crippen LogP contribution >= 0.6 is 15.9 Å². The van der Waals surface area contributed by atoms with E-state index >= 15 is 0 Å². The number of halogens is 2. The van der Waals surface area contributed by atoms with Gasteiger partial charge in [-0.05, 0) is 47.9 Å². The van der Waals surface area contributed by atoms with E-state index in [1.54, 1.807) is 12.1 Å². The van der Waals surface area contributed by atoms with Crippen molar-refractivity contribution in [2.45, 2.75) is 12.8 Å². The van der Waals surface area contributed by atoms with Gasteiger partial charge in [0, 0.05) is 10.9 Å². The van der Waals surface area contributed by atoms with Gasteiger partial charge in [-0.25, -0.2) is 9.38 Å². The third-order valence-corrected chi connectivity index (χ3v) is 3.93. The summed E-state index contributed by atoms with van der Waals surface area (Å²) in [4.78, 5) is 16.3. The molecule has 0 spiro atoms. The predicted molar refractivity (Wildman–Crippen MR) is 92.4 cm³/mol.